The van der Waals surface area contributed by atoms with E-state index in [-0.39, 0.29) is 23.0 Å². The van der Waals surface area contributed by atoms with Crippen molar-refractivity contribution in [2.24, 2.45) is 5.73 Å². The summed E-state index contributed by atoms with van der Waals surface area (Å²) in [5.74, 6) is 0.117. The van der Waals surface area contributed by atoms with E-state index in [0.717, 1.165) is 0 Å². The summed E-state index contributed by atoms with van der Waals surface area (Å²) in [7, 11) is 1.42. The zero-order valence-electron chi connectivity index (χ0n) is 12.6. The van der Waals surface area contributed by atoms with Crippen molar-refractivity contribution in [3.8, 4) is 11.5 Å². The van der Waals surface area contributed by atoms with Gasteiger partial charge in [-0.05, 0) is 13.3 Å². The molecular weight excluding hydrogens is 290 g/mol. The maximum Gasteiger partial charge on any atom is 0.286 e. The topological polar surface area (TPSA) is 108 Å². The lowest BCUT2D eigenvalue weighted by Crippen LogP contribution is -2.32. The molecule has 1 amide bonds. The molecule has 8 nitrogen and oxygen atoms in total. The van der Waals surface area contributed by atoms with Crippen LogP contribution in [0.25, 0.3) is 0 Å². The molecular formula is C14H19N3O5. The number of nitro groups is 1. The molecule has 2 rings (SSSR count). The number of ether oxygens (including phenoxy) is 2. The highest BCUT2D eigenvalue weighted by Crippen LogP contribution is 2.35. The van der Waals surface area contributed by atoms with Gasteiger partial charge < -0.3 is 20.1 Å². The fourth-order valence-electron chi connectivity index (χ4n) is 2.44. The number of nitro benzene ring substituents is 1. The smallest absolute Gasteiger partial charge is 0.286 e. The fourth-order valence-corrected chi connectivity index (χ4v) is 2.44. The van der Waals surface area contributed by atoms with Gasteiger partial charge in [-0.1, -0.05) is 0 Å². The molecule has 1 aliphatic heterocycles. The number of amides is 1. The molecule has 1 saturated heterocycles. The van der Waals surface area contributed by atoms with Gasteiger partial charge in [0.2, 0.25) is 0 Å². The Hall–Kier alpha value is -2.35. The van der Waals surface area contributed by atoms with Crippen LogP contribution in [-0.2, 0) is 0 Å². The van der Waals surface area contributed by atoms with Crippen LogP contribution in [0.2, 0.25) is 0 Å². The van der Waals surface area contributed by atoms with Gasteiger partial charge in [-0.15, -0.1) is 0 Å². The van der Waals surface area contributed by atoms with E-state index >= 15 is 0 Å². The Bertz CT molecular complexity index is 590. The third kappa shape index (κ3) is 3.11. The lowest BCUT2D eigenvalue weighted by atomic mass is 10.1. The van der Waals surface area contributed by atoms with Crippen LogP contribution in [0.5, 0.6) is 11.5 Å². The second-order valence-corrected chi connectivity index (χ2v) is 5.01. The quantitative estimate of drug-likeness (QED) is 0.646. The minimum atomic E-state index is -0.592. The van der Waals surface area contributed by atoms with Crippen molar-refractivity contribution in [3.63, 3.8) is 0 Å². The van der Waals surface area contributed by atoms with Gasteiger partial charge in [0.15, 0.2) is 11.5 Å². The molecule has 0 aromatic heterocycles. The first-order valence-electron chi connectivity index (χ1n) is 7.02. The van der Waals surface area contributed by atoms with Gasteiger partial charge in [-0.25, -0.2) is 0 Å². The summed E-state index contributed by atoms with van der Waals surface area (Å²) in [6.45, 7) is 2.98. The zero-order valence-corrected chi connectivity index (χ0v) is 12.6. The number of hydrogen-bond acceptors (Lipinski definition) is 6. The number of carbonyl (C=O) groups excluding carboxylic acids is 1. The van der Waals surface area contributed by atoms with Crippen molar-refractivity contribution < 1.29 is 19.2 Å². The summed E-state index contributed by atoms with van der Waals surface area (Å²) >= 11 is 0. The van der Waals surface area contributed by atoms with Crippen LogP contribution in [0.4, 0.5) is 5.69 Å². The predicted octanol–water partition coefficient (Wildman–Crippen LogP) is 1.18. The number of hydrogen-bond donors (Lipinski definition) is 1. The maximum absolute atomic E-state index is 12.5. The van der Waals surface area contributed by atoms with Gasteiger partial charge in [-0.2, -0.15) is 0 Å². The minimum Gasteiger partial charge on any atom is -0.493 e. The molecule has 0 unspecified atom stereocenters. The number of methoxy groups -OCH3 is 1. The van der Waals surface area contributed by atoms with Crippen LogP contribution in [0.1, 0.15) is 23.7 Å². The van der Waals surface area contributed by atoms with E-state index in [1.807, 2.05) is 0 Å². The van der Waals surface area contributed by atoms with Crippen LogP contribution in [0.15, 0.2) is 12.1 Å². The molecule has 0 bridgehead atoms. The standard InChI is InChI=1S/C14H19N3O5/c1-3-22-13-7-11(17(19)20)10(6-12(13)21-2)14(18)16-5-4-9(15)8-16/h6-7,9H,3-5,8,15H2,1-2H3/t9-/m1/s1. The average Bonchev–Trinajstić information content (AvgIpc) is 2.92. The molecule has 0 spiro atoms. The maximum atomic E-state index is 12.5. The molecule has 22 heavy (non-hydrogen) atoms. The van der Waals surface area contributed by atoms with Crippen molar-refractivity contribution in [3.05, 3.63) is 27.8 Å². The molecule has 1 atom stereocenters. The van der Waals surface area contributed by atoms with Crippen LogP contribution in [0, 0.1) is 10.1 Å². The van der Waals surface area contributed by atoms with Crippen molar-refractivity contribution in [2.75, 3.05) is 26.8 Å². The summed E-state index contributed by atoms with van der Waals surface area (Å²) in [5.41, 5.74) is 5.48. The summed E-state index contributed by atoms with van der Waals surface area (Å²) < 4.78 is 10.5. The van der Waals surface area contributed by atoms with Gasteiger partial charge in [-0.3, -0.25) is 14.9 Å². The van der Waals surface area contributed by atoms with Gasteiger partial charge >= 0.3 is 0 Å². The molecule has 0 radical (unpaired) electrons. The Balaban J connectivity index is 2.44. The van der Waals surface area contributed by atoms with E-state index in [0.29, 0.717) is 31.9 Å². The molecule has 1 aromatic carbocycles. The van der Waals surface area contributed by atoms with Crippen molar-refractivity contribution >= 4 is 11.6 Å². The lowest BCUT2D eigenvalue weighted by Gasteiger charge is -2.17. The Kier molecular flexibility index (Phi) is 4.81. The summed E-state index contributed by atoms with van der Waals surface area (Å²) in [4.78, 5) is 24.7. The van der Waals surface area contributed by atoms with E-state index in [2.05, 4.69) is 0 Å². The largest absolute Gasteiger partial charge is 0.493 e. The van der Waals surface area contributed by atoms with E-state index in [4.69, 9.17) is 15.2 Å². The van der Waals surface area contributed by atoms with Crippen molar-refractivity contribution in [1.82, 2.24) is 4.90 Å². The zero-order chi connectivity index (χ0) is 16.3. The van der Waals surface area contributed by atoms with Gasteiger partial charge in [0, 0.05) is 25.2 Å². The molecule has 0 aliphatic carbocycles. The van der Waals surface area contributed by atoms with Crippen LogP contribution in [-0.4, -0.2) is 48.6 Å². The molecule has 1 aliphatic rings. The predicted molar refractivity (Wildman–Crippen MR) is 79.3 cm³/mol. The van der Waals surface area contributed by atoms with Crippen molar-refractivity contribution in [1.29, 1.82) is 0 Å². The Labute approximate surface area is 127 Å². The number of benzene rings is 1. The van der Waals surface area contributed by atoms with E-state index in [1.165, 1.54) is 24.1 Å². The fraction of sp³-hybridized carbons (Fsp3) is 0.500. The first kappa shape index (κ1) is 16.0. The first-order valence-corrected chi connectivity index (χ1v) is 7.02. The summed E-state index contributed by atoms with van der Waals surface area (Å²) in [5, 5.41) is 11.3. The van der Waals surface area contributed by atoms with E-state index in [9.17, 15) is 14.9 Å². The van der Waals surface area contributed by atoms with Crippen LogP contribution < -0.4 is 15.2 Å². The van der Waals surface area contributed by atoms with Crippen molar-refractivity contribution in [2.45, 2.75) is 19.4 Å². The molecule has 0 saturated carbocycles. The number of rotatable bonds is 5. The average molecular weight is 309 g/mol. The monoisotopic (exact) mass is 309 g/mol. The van der Waals surface area contributed by atoms with E-state index < -0.39 is 10.8 Å². The third-order valence-corrected chi connectivity index (χ3v) is 3.52. The number of nitrogens with zero attached hydrogens (tertiary/aromatic N) is 2. The van der Waals surface area contributed by atoms with Gasteiger partial charge in [0.1, 0.15) is 5.56 Å². The molecule has 120 valence electrons. The third-order valence-electron chi connectivity index (χ3n) is 3.52. The molecule has 1 heterocycles. The van der Waals surface area contributed by atoms with Crippen LogP contribution in [0.3, 0.4) is 0 Å². The summed E-state index contributed by atoms with van der Waals surface area (Å²) in [6.07, 6.45) is 0.688. The molecule has 1 fully saturated rings. The lowest BCUT2D eigenvalue weighted by molar-refractivity contribution is -0.385. The SMILES string of the molecule is CCOc1cc([N+](=O)[O-])c(C(=O)N2CC[C@@H](N)C2)cc1OC. The van der Waals surface area contributed by atoms with Gasteiger partial charge in [0.25, 0.3) is 11.6 Å². The highest BCUT2D eigenvalue weighted by molar-refractivity contribution is 5.99. The normalized spacial score (nSPS) is 17.4. The second kappa shape index (κ2) is 6.61. The second-order valence-electron chi connectivity index (χ2n) is 5.01. The molecule has 1 aromatic rings. The first-order chi connectivity index (χ1) is 10.5. The molecule has 2 N–H and O–H groups in total. The Morgan fingerprint density at radius 2 is 2.23 bits per heavy atom. The number of carbonyl (C=O) groups is 1. The number of likely N-dealkylation sites (tertiary alicyclic amines) is 1. The minimum absolute atomic E-state index is 0.0144. The Morgan fingerprint density at radius 3 is 2.73 bits per heavy atom. The highest BCUT2D eigenvalue weighted by Gasteiger charge is 2.31. The Morgan fingerprint density at radius 1 is 1.50 bits per heavy atom. The van der Waals surface area contributed by atoms with Gasteiger partial charge in [0.05, 0.1) is 24.7 Å². The molecule has 8 heteroatoms. The highest BCUT2D eigenvalue weighted by atomic mass is 16.6. The van der Waals surface area contributed by atoms with Crippen LogP contribution >= 0.6 is 0 Å². The number of nitrogens with two attached hydrogens (primary N) is 1. The summed E-state index contributed by atoms with van der Waals surface area (Å²) in [6, 6.07) is 2.49. The van der Waals surface area contributed by atoms with E-state index in [1.54, 1.807) is 6.92 Å².